The third-order valence-electron chi connectivity index (χ3n) is 19.7. The first-order valence-electron chi connectivity index (χ1n) is 44.8. The van der Waals surface area contributed by atoms with E-state index in [1.807, 2.05) is 0 Å². The molecule has 0 aliphatic heterocycles. The molecule has 3 unspecified atom stereocenters. The number of aliphatic hydroxyl groups excluding tert-OH is 1. The van der Waals surface area contributed by atoms with Crippen LogP contribution < -0.4 is 22.1 Å². The molecular weight excluding hydrogens is 1430 g/mol. The van der Waals surface area contributed by atoms with Gasteiger partial charge in [-0.2, -0.15) is 0 Å². The first-order valence-corrected chi connectivity index (χ1v) is 47.8. The zero-order valence-electron chi connectivity index (χ0n) is 71.7. The number of ether oxygens (including phenoxy) is 4. The van der Waals surface area contributed by atoms with Gasteiger partial charge in [0.1, 0.15) is 19.3 Å². The van der Waals surface area contributed by atoms with E-state index in [2.05, 4.69) is 76.3 Å². The number of allylic oxidation sites excluding steroid dienone is 8. The summed E-state index contributed by atoms with van der Waals surface area (Å²) in [6.45, 7) is 4.53. The number of phosphoric ester groups is 2. The van der Waals surface area contributed by atoms with Gasteiger partial charge in [-0.3, -0.25) is 28.3 Å². The molecule has 21 heteroatoms. The Hall–Kier alpha value is -3.06. The number of phosphoric acid groups is 2. The fraction of sp³-hybridized carbons (Fsp3) is 0.865. The van der Waals surface area contributed by atoms with Crippen molar-refractivity contribution < 1.29 is 80.2 Å². The molecule has 9 N–H and O–H groups in total. The Bertz CT molecular complexity index is 2240. The summed E-state index contributed by atoms with van der Waals surface area (Å²) in [4.78, 5) is 77.9. The van der Waals surface area contributed by atoms with Crippen molar-refractivity contribution in [3.8, 4) is 0 Å². The number of carbonyl (C=O) groups is 4. The van der Waals surface area contributed by atoms with Gasteiger partial charge in [0, 0.05) is 25.7 Å². The molecule has 0 radical (unpaired) electrons. The summed E-state index contributed by atoms with van der Waals surface area (Å²) in [6, 6.07) is 0. The minimum absolute atomic E-state index is 0. The molecule has 0 heterocycles. The fourth-order valence-corrected chi connectivity index (χ4v) is 14.4. The van der Waals surface area contributed by atoms with Crippen LogP contribution in [0.1, 0.15) is 439 Å². The van der Waals surface area contributed by atoms with Crippen LogP contribution in [0.5, 0.6) is 0 Å². The monoisotopic (exact) mass is 1600 g/mol. The second-order valence-electron chi connectivity index (χ2n) is 30.5. The third kappa shape index (κ3) is 85.8. The maximum Gasteiger partial charge on any atom is 0.306 e. The predicted octanol–water partition coefficient (Wildman–Crippen LogP) is 26.3. The molecule has 0 spiro atoms. The highest BCUT2D eigenvalue weighted by Gasteiger charge is 2.25. The van der Waals surface area contributed by atoms with Gasteiger partial charge >= 0.3 is 23.9 Å². The molecular formula is C89H172N2O17P2. The van der Waals surface area contributed by atoms with E-state index in [4.69, 9.17) is 37.0 Å². The van der Waals surface area contributed by atoms with Crippen molar-refractivity contribution in [1.29, 1.82) is 0 Å². The number of rotatable bonds is 86. The number of hydrogen-bond acceptors (Lipinski definition) is 17. The maximum absolute atomic E-state index is 13.1. The summed E-state index contributed by atoms with van der Waals surface area (Å²) < 4.78 is 68.0. The van der Waals surface area contributed by atoms with Crippen LogP contribution >= 0.6 is 15.6 Å². The van der Waals surface area contributed by atoms with E-state index >= 15 is 0 Å². The molecule has 110 heavy (non-hydrogen) atoms. The van der Waals surface area contributed by atoms with E-state index in [-0.39, 0.29) is 38.0 Å². The van der Waals surface area contributed by atoms with Crippen molar-refractivity contribution in [2.75, 3.05) is 39.6 Å². The molecule has 5 atom stereocenters. The van der Waals surface area contributed by atoms with Crippen LogP contribution in [-0.4, -0.2) is 86.9 Å². The lowest BCUT2D eigenvalue weighted by Gasteiger charge is -2.28. The van der Waals surface area contributed by atoms with Crippen molar-refractivity contribution in [2.45, 2.75) is 457 Å². The lowest BCUT2D eigenvalue weighted by atomic mass is 10.1. The van der Waals surface area contributed by atoms with E-state index in [0.29, 0.717) is 25.7 Å². The minimum Gasteiger partial charge on any atom is -0.756 e. The second kappa shape index (κ2) is 86.8. The summed E-state index contributed by atoms with van der Waals surface area (Å²) in [5, 5.41) is 10.6. The van der Waals surface area contributed by atoms with Gasteiger partial charge in [-0.15, -0.1) is 0 Å². The first kappa shape index (κ1) is 111. The van der Waals surface area contributed by atoms with E-state index in [0.717, 1.165) is 135 Å². The number of aliphatic hydroxyl groups is 1. The van der Waals surface area contributed by atoms with Gasteiger partial charge < -0.3 is 64.2 Å². The van der Waals surface area contributed by atoms with Crippen LogP contribution in [-0.2, 0) is 65.4 Å². The van der Waals surface area contributed by atoms with Gasteiger partial charge in [0.05, 0.1) is 26.4 Å². The van der Waals surface area contributed by atoms with Crippen molar-refractivity contribution in [2.24, 2.45) is 0 Å². The lowest BCUT2D eigenvalue weighted by Crippen LogP contribution is -2.31. The standard InChI is InChI=1S/C89H166O17P2.2H3N/c1-5-9-13-17-21-25-29-32-35-38-41-44-47-50-54-57-61-65-69-73-86(91)99-79-84(105-88(93)75-71-67-63-59-53-28-24-20-16-12-8-4)81-103-107(95,96)101-77-83(90)78-102-108(97,98)104-82-85(106-89(94)76-72-68-64-60-56-52-49-46-43-40-37-34-31-27-23-19-15-11-7-3)80-100-87(92)74-70-66-62-58-55-51-48-45-42-39-36-33-30-26-22-18-14-10-6-2;;/h20,24,32-37,83-85,90H,5-19,21-23,25-31,38-82H2,1-4H3,(H,95,96)(H,97,98);2*1H3/b24-20-,35-32-,36-33-,37-34-;;/t83?,84-,85-;;/m1../s1. The Morgan fingerprint density at radius 3 is 0.673 bits per heavy atom. The Balaban J connectivity index is -0.0000572. The molecule has 0 fully saturated rings. The molecule has 19 nitrogen and oxygen atoms in total. The van der Waals surface area contributed by atoms with Gasteiger partial charge in [0.25, 0.3) is 15.6 Å². The number of quaternary nitrogens is 2. The summed E-state index contributed by atoms with van der Waals surface area (Å²) in [7, 11) is -10.5. The Morgan fingerprint density at radius 1 is 0.264 bits per heavy atom. The van der Waals surface area contributed by atoms with Crippen LogP contribution in [0.25, 0.3) is 0 Å². The molecule has 0 bridgehead atoms. The van der Waals surface area contributed by atoms with Gasteiger partial charge in [-0.05, 0) is 122 Å². The topological polar surface area (TPSA) is 316 Å². The van der Waals surface area contributed by atoms with Crippen molar-refractivity contribution in [1.82, 2.24) is 12.3 Å². The third-order valence-corrected chi connectivity index (χ3v) is 21.6. The van der Waals surface area contributed by atoms with Crippen molar-refractivity contribution in [3.63, 3.8) is 0 Å². The normalized spacial score (nSPS) is 13.7. The highest BCUT2D eigenvalue weighted by molar-refractivity contribution is 7.46. The zero-order chi connectivity index (χ0) is 78.9. The molecule has 0 aromatic heterocycles. The first-order chi connectivity index (χ1) is 52.7. The fourth-order valence-electron chi connectivity index (χ4n) is 12.8. The van der Waals surface area contributed by atoms with E-state index in [1.54, 1.807) is 0 Å². The van der Waals surface area contributed by atoms with Crippen molar-refractivity contribution >= 4 is 39.5 Å². The van der Waals surface area contributed by atoms with Crippen LogP contribution in [0, 0.1) is 0 Å². The number of unbranched alkanes of at least 4 members (excludes halogenated alkanes) is 52. The highest BCUT2D eigenvalue weighted by Crippen LogP contribution is 2.41. The smallest absolute Gasteiger partial charge is 0.306 e. The molecule has 0 saturated carbocycles. The van der Waals surface area contributed by atoms with E-state index in [9.17, 15) is 43.2 Å². The molecule has 0 aliphatic rings. The highest BCUT2D eigenvalue weighted by atomic mass is 31.2. The van der Waals surface area contributed by atoms with Crippen molar-refractivity contribution in [3.05, 3.63) is 48.6 Å². The number of esters is 4. The van der Waals surface area contributed by atoms with E-state index < -0.39 is 97.5 Å². The average molecular weight is 1600 g/mol. The summed E-state index contributed by atoms with van der Waals surface area (Å²) >= 11 is 0. The minimum atomic E-state index is -5.24. The molecule has 0 saturated heterocycles. The van der Waals surface area contributed by atoms with Gasteiger partial charge in [0.15, 0.2) is 12.2 Å². The predicted molar refractivity (Wildman–Crippen MR) is 453 cm³/mol. The average Bonchev–Trinajstić information content (AvgIpc) is 0.898. The molecule has 0 aromatic rings. The van der Waals surface area contributed by atoms with E-state index in [1.165, 1.54) is 225 Å². The molecule has 0 rings (SSSR count). The van der Waals surface area contributed by atoms with Crippen LogP contribution in [0.4, 0.5) is 0 Å². The Labute approximate surface area is 673 Å². The lowest BCUT2D eigenvalue weighted by molar-refractivity contribution is -0.233. The zero-order valence-corrected chi connectivity index (χ0v) is 73.5. The molecule has 0 aromatic carbocycles. The van der Waals surface area contributed by atoms with Crippen LogP contribution in [0.3, 0.4) is 0 Å². The van der Waals surface area contributed by atoms with Crippen LogP contribution in [0.15, 0.2) is 48.6 Å². The number of carbonyl (C=O) groups excluding carboxylic acids is 4. The number of hydrogen-bond donors (Lipinski definition) is 3. The maximum atomic E-state index is 13.1. The molecule has 0 amide bonds. The van der Waals surface area contributed by atoms with Gasteiger partial charge in [0.2, 0.25) is 0 Å². The Morgan fingerprint density at radius 2 is 0.445 bits per heavy atom. The van der Waals surface area contributed by atoms with Gasteiger partial charge in [-0.25, -0.2) is 0 Å². The summed E-state index contributed by atoms with van der Waals surface area (Å²) in [5.74, 6) is -2.24. The quantitative estimate of drug-likeness (QED) is 0.0167. The molecule has 0 aliphatic carbocycles. The molecule has 650 valence electrons. The summed E-state index contributed by atoms with van der Waals surface area (Å²) in [5.41, 5.74) is 0. The summed E-state index contributed by atoms with van der Waals surface area (Å²) in [6.07, 6.45) is 82.9. The van der Waals surface area contributed by atoms with Gasteiger partial charge in [-0.1, -0.05) is 340 Å². The van der Waals surface area contributed by atoms with Crippen LogP contribution in [0.2, 0.25) is 0 Å². The SMILES string of the molecule is CCCC/C=C\CCCCCCCC(=O)O[C@H](COC(=O)CCCCCCCCCCC/C=C\CCCCCCCC)COP(=O)([O-])OCC(O)COP(=O)([O-])OC[C@@H](COC(=O)CCCCCCCCCCC/C=C\CCCCCCCC)OC(=O)CCCCCCCCCCC/C=C\CCCCCCCC.[NH4+].[NH4+]. The second-order valence-corrected chi connectivity index (χ2v) is 33.3. The largest absolute Gasteiger partial charge is 0.756 e. The Kier molecular flexibility index (Phi) is 87.7.